The molecule has 0 aliphatic rings. The highest BCUT2D eigenvalue weighted by molar-refractivity contribution is 5.87. The second kappa shape index (κ2) is 13.0. The van der Waals surface area contributed by atoms with E-state index in [1.165, 1.54) is 6.21 Å². The van der Waals surface area contributed by atoms with E-state index >= 15 is 0 Å². The third-order valence-corrected chi connectivity index (χ3v) is 4.31. The van der Waals surface area contributed by atoms with E-state index in [1.807, 2.05) is 36.4 Å². The van der Waals surface area contributed by atoms with Crippen molar-refractivity contribution in [2.45, 2.75) is 33.2 Å². The number of alkyl carbamates (subject to hydrolysis) is 1. The molecule has 0 fully saturated rings. The molecule has 0 aliphatic carbocycles. The highest BCUT2D eigenvalue weighted by atomic mass is 16.5. The third kappa shape index (κ3) is 8.29. The van der Waals surface area contributed by atoms with Gasteiger partial charge in [0.2, 0.25) is 0 Å². The Morgan fingerprint density at radius 3 is 2.50 bits per heavy atom. The predicted molar refractivity (Wildman–Crippen MR) is 123 cm³/mol. The summed E-state index contributed by atoms with van der Waals surface area (Å²) in [5.74, 6) is 1.15. The fourth-order valence-corrected chi connectivity index (χ4v) is 2.76. The van der Waals surface area contributed by atoms with Crippen LogP contribution in [0.25, 0.3) is 0 Å². The van der Waals surface area contributed by atoms with Crippen molar-refractivity contribution in [2.24, 2.45) is 11.0 Å². The van der Waals surface area contributed by atoms with Gasteiger partial charge in [-0.05, 0) is 42.2 Å². The van der Waals surface area contributed by atoms with Gasteiger partial charge in [0, 0.05) is 6.42 Å². The lowest BCUT2D eigenvalue weighted by Gasteiger charge is -2.17. The van der Waals surface area contributed by atoms with Crippen LogP contribution < -0.4 is 20.2 Å². The van der Waals surface area contributed by atoms with E-state index in [9.17, 15) is 9.59 Å². The summed E-state index contributed by atoms with van der Waals surface area (Å²) in [6.45, 7) is 6.62. The number of nitrogens with one attached hydrogen (secondary N) is 2. The molecule has 2 N–H and O–H groups in total. The van der Waals surface area contributed by atoms with Crippen LogP contribution in [0.3, 0.4) is 0 Å². The first-order chi connectivity index (χ1) is 15.4. The number of amides is 2. The van der Waals surface area contributed by atoms with Crippen molar-refractivity contribution < 1.29 is 23.8 Å². The molecule has 0 saturated carbocycles. The lowest BCUT2D eigenvalue weighted by Crippen LogP contribution is -2.47. The lowest BCUT2D eigenvalue weighted by molar-refractivity contribution is -0.123. The SMILES string of the molecule is CCOC(=O)N[C@@H](Cc1ccccc1)C(=O)N/N=C\c1ccc(OCC(C)C)c(OC)c1. The zero-order chi connectivity index (χ0) is 23.3. The van der Waals surface area contributed by atoms with Crippen LogP contribution in [0.5, 0.6) is 11.5 Å². The molecule has 8 heteroatoms. The molecule has 2 amide bonds. The summed E-state index contributed by atoms with van der Waals surface area (Å²) in [5.41, 5.74) is 4.10. The number of methoxy groups -OCH3 is 1. The summed E-state index contributed by atoms with van der Waals surface area (Å²) in [6.07, 6.45) is 1.14. The molecular formula is C24H31N3O5. The Labute approximate surface area is 188 Å². The van der Waals surface area contributed by atoms with E-state index in [0.717, 1.165) is 11.1 Å². The largest absolute Gasteiger partial charge is 0.493 e. The summed E-state index contributed by atoms with van der Waals surface area (Å²) in [7, 11) is 1.56. The number of benzene rings is 2. The fourth-order valence-electron chi connectivity index (χ4n) is 2.76. The van der Waals surface area contributed by atoms with Gasteiger partial charge in [-0.3, -0.25) is 4.79 Å². The van der Waals surface area contributed by atoms with Crippen molar-refractivity contribution in [3.63, 3.8) is 0 Å². The van der Waals surface area contributed by atoms with Gasteiger partial charge in [0.1, 0.15) is 6.04 Å². The zero-order valence-corrected chi connectivity index (χ0v) is 19.0. The molecule has 32 heavy (non-hydrogen) atoms. The Bertz CT molecular complexity index is 900. The molecular weight excluding hydrogens is 410 g/mol. The maximum Gasteiger partial charge on any atom is 0.407 e. The molecule has 0 spiro atoms. The maximum atomic E-state index is 12.7. The van der Waals surface area contributed by atoms with Gasteiger partial charge in [-0.25, -0.2) is 10.2 Å². The van der Waals surface area contributed by atoms with Crippen molar-refractivity contribution in [3.8, 4) is 11.5 Å². The predicted octanol–water partition coefficient (Wildman–Crippen LogP) is 3.54. The average Bonchev–Trinajstić information content (AvgIpc) is 2.78. The normalized spacial score (nSPS) is 11.8. The summed E-state index contributed by atoms with van der Waals surface area (Å²) in [4.78, 5) is 24.5. The first-order valence-electron chi connectivity index (χ1n) is 10.5. The molecule has 0 bridgehead atoms. The monoisotopic (exact) mass is 441 g/mol. The Morgan fingerprint density at radius 2 is 1.84 bits per heavy atom. The first-order valence-corrected chi connectivity index (χ1v) is 10.5. The number of carbonyl (C=O) groups excluding carboxylic acids is 2. The second-order valence-electron chi connectivity index (χ2n) is 7.46. The molecule has 0 radical (unpaired) electrons. The van der Waals surface area contributed by atoms with Crippen molar-refractivity contribution in [2.75, 3.05) is 20.3 Å². The number of nitrogens with zero attached hydrogens (tertiary/aromatic N) is 1. The van der Waals surface area contributed by atoms with E-state index in [4.69, 9.17) is 14.2 Å². The first kappa shape index (κ1) is 24.7. The van der Waals surface area contributed by atoms with Gasteiger partial charge >= 0.3 is 6.09 Å². The molecule has 1 atom stereocenters. The average molecular weight is 442 g/mol. The number of hydrazone groups is 1. The Kier molecular flexibility index (Phi) is 10.0. The Morgan fingerprint density at radius 1 is 1.09 bits per heavy atom. The standard InChI is InChI=1S/C24H31N3O5/c1-5-31-24(29)26-20(13-18-9-7-6-8-10-18)23(28)27-25-15-19-11-12-21(22(14-19)30-4)32-16-17(2)3/h6-12,14-15,17,20H,5,13,16H2,1-4H3,(H,26,29)(H,27,28)/b25-15-/t20-/m0/s1. The second-order valence-corrected chi connectivity index (χ2v) is 7.46. The summed E-state index contributed by atoms with van der Waals surface area (Å²) >= 11 is 0. The minimum atomic E-state index is -0.838. The van der Waals surface area contributed by atoms with Gasteiger partial charge < -0.3 is 19.5 Å². The summed E-state index contributed by atoms with van der Waals surface area (Å²) < 4.78 is 16.0. The zero-order valence-electron chi connectivity index (χ0n) is 19.0. The van der Waals surface area contributed by atoms with Crippen LogP contribution >= 0.6 is 0 Å². The number of hydrogen-bond acceptors (Lipinski definition) is 6. The van der Waals surface area contributed by atoms with Crippen LogP contribution in [0.15, 0.2) is 53.6 Å². The smallest absolute Gasteiger partial charge is 0.407 e. The van der Waals surface area contributed by atoms with Crippen LogP contribution in [0.2, 0.25) is 0 Å². The van der Waals surface area contributed by atoms with E-state index in [-0.39, 0.29) is 6.61 Å². The molecule has 2 aromatic carbocycles. The molecule has 0 aromatic heterocycles. The van der Waals surface area contributed by atoms with Gasteiger partial charge in [0.05, 0.1) is 26.5 Å². The van der Waals surface area contributed by atoms with Gasteiger partial charge in [-0.2, -0.15) is 5.10 Å². The number of hydrogen-bond donors (Lipinski definition) is 2. The van der Waals surface area contributed by atoms with Gasteiger partial charge in [0.25, 0.3) is 5.91 Å². The van der Waals surface area contributed by atoms with Crippen LogP contribution in [0, 0.1) is 5.92 Å². The number of carbonyl (C=O) groups is 2. The highest BCUT2D eigenvalue weighted by Crippen LogP contribution is 2.27. The molecule has 2 rings (SSSR count). The topological polar surface area (TPSA) is 98.2 Å². The van der Waals surface area contributed by atoms with E-state index in [0.29, 0.717) is 30.4 Å². The maximum absolute atomic E-state index is 12.7. The Hall–Kier alpha value is -3.55. The highest BCUT2D eigenvalue weighted by Gasteiger charge is 2.21. The van der Waals surface area contributed by atoms with Crippen LogP contribution in [0.4, 0.5) is 4.79 Å². The number of rotatable bonds is 11. The van der Waals surface area contributed by atoms with Crippen LogP contribution in [0.1, 0.15) is 31.9 Å². The minimum absolute atomic E-state index is 0.211. The lowest BCUT2D eigenvalue weighted by atomic mass is 10.1. The van der Waals surface area contributed by atoms with E-state index in [1.54, 1.807) is 26.2 Å². The molecule has 0 saturated heterocycles. The molecule has 0 heterocycles. The number of ether oxygens (including phenoxy) is 3. The van der Waals surface area contributed by atoms with Crippen molar-refractivity contribution in [1.29, 1.82) is 0 Å². The molecule has 2 aromatic rings. The van der Waals surface area contributed by atoms with Gasteiger partial charge in [-0.15, -0.1) is 0 Å². The van der Waals surface area contributed by atoms with Crippen molar-refractivity contribution in [1.82, 2.24) is 10.7 Å². The molecule has 0 aliphatic heterocycles. The van der Waals surface area contributed by atoms with Crippen molar-refractivity contribution >= 4 is 18.2 Å². The van der Waals surface area contributed by atoms with Gasteiger partial charge in [0.15, 0.2) is 11.5 Å². The quantitative estimate of drug-likeness (QED) is 0.411. The van der Waals surface area contributed by atoms with Crippen LogP contribution in [-0.2, 0) is 16.0 Å². The summed E-state index contributed by atoms with van der Waals surface area (Å²) in [5, 5.41) is 6.60. The Balaban J connectivity index is 2.04. The fraction of sp³-hybridized carbons (Fsp3) is 0.375. The minimum Gasteiger partial charge on any atom is -0.493 e. The molecule has 0 unspecified atom stereocenters. The van der Waals surface area contributed by atoms with E-state index in [2.05, 4.69) is 29.7 Å². The summed E-state index contributed by atoms with van der Waals surface area (Å²) in [6, 6.07) is 13.9. The van der Waals surface area contributed by atoms with E-state index < -0.39 is 18.0 Å². The third-order valence-electron chi connectivity index (χ3n) is 4.31. The van der Waals surface area contributed by atoms with Crippen LogP contribution in [-0.4, -0.2) is 44.6 Å². The molecule has 8 nitrogen and oxygen atoms in total. The molecule has 172 valence electrons. The van der Waals surface area contributed by atoms with Gasteiger partial charge in [-0.1, -0.05) is 44.2 Å². The van der Waals surface area contributed by atoms with Crippen molar-refractivity contribution in [3.05, 3.63) is 59.7 Å².